The van der Waals surface area contributed by atoms with Crippen molar-refractivity contribution in [2.75, 3.05) is 6.54 Å². The van der Waals surface area contributed by atoms with E-state index in [0.29, 0.717) is 18.5 Å². The van der Waals surface area contributed by atoms with Crippen LogP contribution in [0.2, 0.25) is 5.02 Å². The van der Waals surface area contributed by atoms with Gasteiger partial charge in [0.25, 0.3) is 0 Å². The second-order valence-corrected chi connectivity index (χ2v) is 6.28. The van der Waals surface area contributed by atoms with Crippen LogP contribution in [0, 0.1) is 11.2 Å². The number of hydrogen-bond donors (Lipinski definition) is 1. The lowest BCUT2D eigenvalue weighted by Gasteiger charge is -2.35. The Morgan fingerprint density at radius 2 is 2.00 bits per heavy atom. The van der Waals surface area contributed by atoms with E-state index >= 15 is 0 Å². The number of carbonyl (C=O) groups excluding carboxylic acids is 1. The van der Waals surface area contributed by atoms with E-state index in [9.17, 15) is 9.18 Å². The Bertz CT molecular complexity index is 483. The number of nitrogens with two attached hydrogens (primary N) is 1. The third-order valence-corrected chi connectivity index (χ3v) is 4.63. The summed E-state index contributed by atoms with van der Waals surface area (Å²) in [6.07, 6.45) is 6.06. The van der Waals surface area contributed by atoms with Gasteiger partial charge in [-0.1, -0.05) is 43.0 Å². The van der Waals surface area contributed by atoms with Gasteiger partial charge in [0.05, 0.1) is 5.02 Å². The van der Waals surface area contributed by atoms with Gasteiger partial charge in [0.15, 0.2) is 0 Å². The topological polar surface area (TPSA) is 43.1 Å². The van der Waals surface area contributed by atoms with Crippen molar-refractivity contribution in [3.05, 3.63) is 34.6 Å². The van der Waals surface area contributed by atoms with Crippen molar-refractivity contribution in [2.24, 2.45) is 11.1 Å². The highest BCUT2D eigenvalue weighted by molar-refractivity contribution is 6.30. The molecule has 1 aromatic rings. The van der Waals surface area contributed by atoms with Gasteiger partial charge >= 0.3 is 0 Å². The zero-order valence-electron chi connectivity index (χ0n) is 11.6. The number of carbonyl (C=O) groups is 1. The van der Waals surface area contributed by atoms with Gasteiger partial charge in [-0.05, 0) is 36.4 Å². The normalized spacial score (nSPS) is 17.9. The van der Waals surface area contributed by atoms with E-state index in [1.165, 1.54) is 12.5 Å². The zero-order chi connectivity index (χ0) is 14.6. The van der Waals surface area contributed by atoms with Gasteiger partial charge in [0.2, 0.25) is 0 Å². The highest BCUT2D eigenvalue weighted by Gasteiger charge is 2.32. The van der Waals surface area contributed by atoms with Gasteiger partial charge in [0.1, 0.15) is 11.6 Å². The molecule has 0 atom stereocenters. The van der Waals surface area contributed by atoms with Crippen molar-refractivity contribution < 1.29 is 9.18 Å². The number of ketones is 1. The fraction of sp³-hybridized carbons (Fsp3) is 0.562. The summed E-state index contributed by atoms with van der Waals surface area (Å²) in [5.74, 6) is -0.425. The Morgan fingerprint density at radius 1 is 1.30 bits per heavy atom. The lowest BCUT2D eigenvalue weighted by Crippen LogP contribution is -2.35. The van der Waals surface area contributed by atoms with E-state index in [4.69, 9.17) is 17.3 Å². The lowest BCUT2D eigenvalue weighted by atomic mass is 9.70. The minimum atomic E-state index is -0.479. The van der Waals surface area contributed by atoms with Crippen molar-refractivity contribution >= 4 is 17.4 Å². The first-order valence-electron chi connectivity index (χ1n) is 7.21. The molecule has 4 heteroatoms. The molecule has 1 aliphatic rings. The fourth-order valence-corrected chi connectivity index (χ4v) is 3.33. The van der Waals surface area contributed by atoms with Gasteiger partial charge in [-0.3, -0.25) is 4.79 Å². The molecule has 0 aromatic heterocycles. The van der Waals surface area contributed by atoms with E-state index in [2.05, 4.69) is 0 Å². The summed E-state index contributed by atoms with van der Waals surface area (Å²) in [7, 11) is 0. The Labute approximate surface area is 124 Å². The molecule has 2 nitrogen and oxygen atoms in total. The van der Waals surface area contributed by atoms with Gasteiger partial charge in [-0.2, -0.15) is 0 Å². The minimum absolute atomic E-state index is 0.0542. The van der Waals surface area contributed by atoms with Crippen LogP contribution in [0.1, 0.15) is 44.1 Å². The van der Waals surface area contributed by atoms with Crippen LogP contribution in [0.25, 0.3) is 0 Å². The fourth-order valence-electron chi connectivity index (χ4n) is 3.13. The molecule has 0 radical (unpaired) electrons. The molecular weight excluding hydrogens is 277 g/mol. The smallest absolute Gasteiger partial charge is 0.145 e. The SMILES string of the molecule is NCC1(CC(=O)Cc2cccc(Cl)c2F)CCCCC1. The minimum Gasteiger partial charge on any atom is -0.330 e. The average Bonchev–Trinajstić information content (AvgIpc) is 2.45. The van der Waals surface area contributed by atoms with Crippen molar-refractivity contribution in [3.8, 4) is 0 Å². The molecule has 2 rings (SSSR count). The predicted octanol–water partition coefficient (Wildman–Crippen LogP) is 3.89. The molecular formula is C16H21ClFNO. The molecule has 1 aromatic carbocycles. The zero-order valence-corrected chi connectivity index (χ0v) is 12.4. The number of halogens is 2. The Balaban J connectivity index is 2.03. The first-order chi connectivity index (χ1) is 9.56. The molecule has 110 valence electrons. The Hall–Kier alpha value is -0.930. The highest BCUT2D eigenvalue weighted by atomic mass is 35.5. The van der Waals surface area contributed by atoms with Gasteiger partial charge in [-0.25, -0.2) is 4.39 Å². The molecule has 1 saturated carbocycles. The van der Waals surface area contributed by atoms with Crippen molar-refractivity contribution in [1.29, 1.82) is 0 Å². The molecule has 1 aliphatic carbocycles. The third-order valence-electron chi connectivity index (χ3n) is 4.34. The summed E-state index contributed by atoms with van der Waals surface area (Å²) in [6, 6.07) is 4.79. The monoisotopic (exact) mass is 297 g/mol. The molecule has 0 unspecified atom stereocenters. The number of rotatable bonds is 5. The van der Waals surface area contributed by atoms with Crippen LogP contribution in [0.5, 0.6) is 0 Å². The van der Waals surface area contributed by atoms with E-state index in [-0.39, 0.29) is 22.6 Å². The van der Waals surface area contributed by atoms with Crippen LogP contribution in [0.15, 0.2) is 18.2 Å². The standard InChI is InChI=1S/C16H21ClFNO/c17-14-6-4-5-12(15(14)18)9-13(20)10-16(11-19)7-2-1-3-8-16/h4-6H,1-3,7-11,19H2. The predicted molar refractivity (Wildman–Crippen MR) is 79.3 cm³/mol. The van der Waals surface area contributed by atoms with E-state index in [1.54, 1.807) is 12.1 Å². The molecule has 1 fully saturated rings. The second kappa shape index (κ2) is 6.68. The van der Waals surface area contributed by atoms with Crippen LogP contribution in [0.3, 0.4) is 0 Å². The summed E-state index contributed by atoms with van der Waals surface area (Å²) >= 11 is 5.74. The third kappa shape index (κ3) is 3.58. The average molecular weight is 298 g/mol. The van der Waals surface area contributed by atoms with Gasteiger partial charge in [0, 0.05) is 12.8 Å². The Kier molecular flexibility index (Phi) is 5.17. The molecule has 0 bridgehead atoms. The van der Waals surface area contributed by atoms with Crippen molar-refractivity contribution in [1.82, 2.24) is 0 Å². The molecule has 0 aliphatic heterocycles. The molecule has 0 heterocycles. The van der Waals surface area contributed by atoms with Crippen LogP contribution in [-0.2, 0) is 11.2 Å². The van der Waals surface area contributed by atoms with Crippen LogP contribution >= 0.6 is 11.6 Å². The summed E-state index contributed by atoms with van der Waals surface area (Å²) in [5.41, 5.74) is 6.20. The summed E-state index contributed by atoms with van der Waals surface area (Å²) in [5, 5.41) is 0.0708. The second-order valence-electron chi connectivity index (χ2n) is 5.87. The van der Waals surface area contributed by atoms with E-state index < -0.39 is 5.82 Å². The van der Waals surface area contributed by atoms with Gasteiger partial charge in [-0.15, -0.1) is 0 Å². The number of hydrogen-bond acceptors (Lipinski definition) is 2. The molecule has 0 spiro atoms. The summed E-state index contributed by atoms with van der Waals surface area (Å²) < 4.78 is 13.8. The van der Waals surface area contributed by atoms with Crippen LogP contribution in [0.4, 0.5) is 4.39 Å². The van der Waals surface area contributed by atoms with E-state index in [0.717, 1.165) is 25.7 Å². The van der Waals surface area contributed by atoms with Crippen molar-refractivity contribution in [2.45, 2.75) is 44.9 Å². The number of Topliss-reactive ketones (excluding diaryl/α,β-unsaturated/α-hetero) is 1. The first-order valence-corrected chi connectivity index (χ1v) is 7.59. The quantitative estimate of drug-likeness (QED) is 0.896. The highest BCUT2D eigenvalue weighted by Crippen LogP contribution is 2.38. The van der Waals surface area contributed by atoms with Gasteiger partial charge < -0.3 is 5.73 Å². The number of benzene rings is 1. The first kappa shape index (κ1) is 15.5. The molecule has 2 N–H and O–H groups in total. The molecule has 0 amide bonds. The maximum atomic E-state index is 13.8. The van der Waals surface area contributed by atoms with Crippen LogP contribution < -0.4 is 5.73 Å². The maximum Gasteiger partial charge on any atom is 0.145 e. The van der Waals surface area contributed by atoms with Crippen molar-refractivity contribution in [3.63, 3.8) is 0 Å². The largest absolute Gasteiger partial charge is 0.330 e. The lowest BCUT2D eigenvalue weighted by molar-refractivity contribution is -0.121. The summed E-state index contributed by atoms with van der Waals surface area (Å²) in [4.78, 5) is 12.2. The summed E-state index contributed by atoms with van der Waals surface area (Å²) in [6.45, 7) is 0.538. The van der Waals surface area contributed by atoms with E-state index in [1.807, 2.05) is 0 Å². The maximum absolute atomic E-state index is 13.8. The Morgan fingerprint density at radius 3 is 2.65 bits per heavy atom. The molecule has 0 saturated heterocycles. The molecule has 20 heavy (non-hydrogen) atoms. The van der Waals surface area contributed by atoms with Crippen LogP contribution in [-0.4, -0.2) is 12.3 Å².